The Bertz CT molecular complexity index is 313. The monoisotopic (exact) mass is 178 g/mol. The minimum Gasteiger partial charge on any atom is -0.389 e. The molecule has 2 rings (SSSR count). The first-order valence-corrected chi connectivity index (χ1v) is 4.46. The van der Waals surface area contributed by atoms with Crippen molar-refractivity contribution in [2.75, 3.05) is 0 Å². The lowest BCUT2D eigenvalue weighted by molar-refractivity contribution is 0.106. The Morgan fingerprint density at radius 3 is 2.92 bits per heavy atom. The van der Waals surface area contributed by atoms with Crippen LogP contribution in [0.5, 0.6) is 0 Å². The van der Waals surface area contributed by atoms with Gasteiger partial charge < -0.3 is 16.6 Å². The predicted octanol–water partition coefficient (Wildman–Crippen LogP) is 0.177. The molecule has 2 aliphatic carbocycles. The molecule has 0 fully saturated rings. The number of allylic oxidation sites excluding steroid dienone is 3. The van der Waals surface area contributed by atoms with Gasteiger partial charge in [0, 0.05) is 0 Å². The molecule has 0 aromatic carbocycles. The Labute approximate surface area is 77.4 Å². The molecule has 0 amide bonds. The molecule has 0 aromatic heterocycles. The first kappa shape index (κ1) is 8.69. The number of aliphatic hydroxyl groups is 1. The van der Waals surface area contributed by atoms with Crippen molar-refractivity contribution in [3.8, 4) is 0 Å². The van der Waals surface area contributed by atoms with Crippen LogP contribution in [0.1, 0.15) is 12.8 Å². The van der Waals surface area contributed by atoms with Gasteiger partial charge in [-0.05, 0) is 24.0 Å². The Morgan fingerprint density at radius 2 is 2.15 bits per heavy atom. The fourth-order valence-electron chi connectivity index (χ4n) is 1.81. The van der Waals surface area contributed by atoms with Crippen molar-refractivity contribution in [3.63, 3.8) is 0 Å². The molecule has 3 heteroatoms. The lowest BCUT2D eigenvalue weighted by Crippen LogP contribution is -2.61. The van der Waals surface area contributed by atoms with E-state index in [4.69, 9.17) is 11.5 Å². The van der Waals surface area contributed by atoms with Gasteiger partial charge in [0.15, 0.2) is 0 Å². The van der Waals surface area contributed by atoms with Gasteiger partial charge in [-0.1, -0.05) is 24.3 Å². The summed E-state index contributed by atoms with van der Waals surface area (Å²) in [5.41, 5.74) is 12.6. The topological polar surface area (TPSA) is 72.3 Å². The Kier molecular flexibility index (Phi) is 1.87. The molecule has 0 bridgehead atoms. The molecule has 0 saturated carbocycles. The molecule has 0 aromatic rings. The van der Waals surface area contributed by atoms with E-state index in [0.29, 0.717) is 6.42 Å². The van der Waals surface area contributed by atoms with Crippen molar-refractivity contribution in [2.24, 2.45) is 11.5 Å². The van der Waals surface area contributed by atoms with Crippen LogP contribution in [0.15, 0.2) is 35.5 Å². The lowest BCUT2D eigenvalue weighted by Gasteiger charge is -2.37. The van der Waals surface area contributed by atoms with Crippen LogP contribution in [0.25, 0.3) is 0 Å². The summed E-state index contributed by atoms with van der Waals surface area (Å²) in [7, 11) is 0. The van der Waals surface area contributed by atoms with Crippen LogP contribution < -0.4 is 11.5 Å². The highest BCUT2D eigenvalue weighted by Gasteiger charge is 2.37. The molecule has 0 saturated heterocycles. The maximum atomic E-state index is 9.62. The van der Waals surface area contributed by atoms with Gasteiger partial charge in [0.05, 0.1) is 6.10 Å². The van der Waals surface area contributed by atoms with Gasteiger partial charge in [0.2, 0.25) is 0 Å². The second kappa shape index (κ2) is 2.80. The summed E-state index contributed by atoms with van der Waals surface area (Å²) < 4.78 is 0. The molecular formula is C10H14N2O. The fraction of sp³-hybridized carbons (Fsp3) is 0.400. The highest BCUT2D eigenvalue weighted by molar-refractivity contribution is 5.51. The highest BCUT2D eigenvalue weighted by atomic mass is 16.3. The van der Waals surface area contributed by atoms with Crippen LogP contribution in [-0.4, -0.2) is 16.9 Å². The quantitative estimate of drug-likeness (QED) is 0.463. The summed E-state index contributed by atoms with van der Waals surface area (Å²) >= 11 is 0. The second-order valence-electron chi connectivity index (χ2n) is 3.60. The van der Waals surface area contributed by atoms with E-state index >= 15 is 0 Å². The van der Waals surface area contributed by atoms with Gasteiger partial charge in [0.1, 0.15) is 5.66 Å². The summed E-state index contributed by atoms with van der Waals surface area (Å²) in [5.74, 6) is 0. The van der Waals surface area contributed by atoms with Crippen molar-refractivity contribution in [3.05, 3.63) is 35.5 Å². The van der Waals surface area contributed by atoms with E-state index in [2.05, 4.69) is 6.08 Å². The number of nitrogens with two attached hydrogens (primary N) is 2. The lowest BCUT2D eigenvalue weighted by atomic mass is 9.80. The standard InChI is InChI=1S/C10H14N2O/c11-10(12)8-4-2-1-3-7(8)5-6-9(10)13/h1,3-5,9,13H,2,6,11-12H2. The smallest absolute Gasteiger partial charge is 0.117 e. The summed E-state index contributed by atoms with van der Waals surface area (Å²) in [6, 6.07) is 0. The van der Waals surface area contributed by atoms with Crippen LogP contribution in [0.2, 0.25) is 0 Å². The van der Waals surface area contributed by atoms with Crippen molar-refractivity contribution >= 4 is 0 Å². The maximum Gasteiger partial charge on any atom is 0.117 e. The van der Waals surface area contributed by atoms with E-state index < -0.39 is 11.8 Å². The van der Waals surface area contributed by atoms with E-state index in [1.807, 2.05) is 18.2 Å². The predicted molar refractivity (Wildman–Crippen MR) is 51.7 cm³/mol. The van der Waals surface area contributed by atoms with Crippen molar-refractivity contribution in [1.29, 1.82) is 0 Å². The Morgan fingerprint density at radius 1 is 1.38 bits per heavy atom. The number of hydrogen-bond acceptors (Lipinski definition) is 3. The maximum absolute atomic E-state index is 9.62. The van der Waals surface area contributed by atoms with Crippen LogP contribution in [-0.2, 0) is 0 Å². The minimum absolute atomic E-state index is 0.532. The summed E-state index contributed by atoms with van der Waals surface area (Å²) in [6.45, 7) is 0. The first-order valence-electron chi connectivity index (χ1n) is 4.46. The molecule has 70 valence electrons. The van der Waals surface area contributed by atoms with E-state index in [9.17, 15) is 5.11 Å². The third-order valence-corrected chi connectivity index (χ3v) is 2.65. The summed E-state index contributed by atoms with van der Waals surface area (Å²) in [5, 5.41) is 9.62. The first-order chi connectivity index (χ1) is 6.12. The van der Waals surface area contributed by atoms with Crippen LogP contribution in [0.3, 0.4) is 0 Å². The van der Waals surface area contributed by atoms with Crippen molar-refractivity contribution in [1.82, 2.24) is 0 Å². The average Bonchev–Trinajstić information content (AvgIpc) is 2.13. The number of rotatable bonds is 0. The van der Waals surface area contributed by atoms with Crippen LogP contribution >= 0.6 is 0 Å². The zero-order valence-electron chi connectivity index (χ0n) is 7.40. The van der Waals surface area contributed by atoms with Gasteiger partial charge in [0.25, 0.3) is 0 Å². The number of aliphatic hydroxyl groups excluding tert-OH is 1. The molecule has 13 heavy (non-hydrogen) atoms. The zero-order chi connectivity index (χ0) is 9.47. The zero-order valence-corrected chi connectivity index (χ0v) is 7.40. The minimum atomic E-state index is -1.07. The van der Waals surface area contributed by atoms with Gasteiger partial charge in [-0.15, -0.1) is 0 Å². The third-order valence-electron chi connectivity index (χ3n) is 2.65. The van der Waals surface area contributed by atoms with E-state index in [-0.39, 0.29) is 0 Å². The van der Waals surface area contributed by atoms with Gasteiger partial charge in [-0.2, -0.15) is 0 Å². The third kappa shape index (κ3) is 1.25. The van der Waals surface area contributed by atoms with E-state index in [1.165, 1.54) is 0 Å². The van der Waals surface area contributed by atoms with Crippen LogP contribution in [0.4, 0.5) is 0 Å². The molecular weight excluding hydrogens is 164 g/mol. The molecule has 0 radical (unpaired) electrons. The van der Waals surface area contributed by atoms with E-state index in [1.54, 1.807) is 0 Å². The average molecular weight is 178 g/mol. The van der Waals surface area contributed by atoms with Gasteiger partial charge >= 0.3 is 0 Å². The molecule has 0 aliphatic heterocycles. The largest absolute Gasteiger partial charge is 0.389 e. The van der Waals surface area contributed by atoms with Gasteiger partial charge in [-0.3, -0.25) is 0 Å². The SMILES string of the molecule is NC1(N)C2=CCC=CC2=CCC1O. The Hall–Kier alpha value is -0.900. The molecule has 1 atom stereocenters. The summed E-state index contributed by atoms with van der Waals surface area (Å²) in [6.07, 6.45) is 8.73. The van der Waals surface area contributed by atoms with E-state index in [0.717, 1.165) is 17.6 Å². The second-order valence-corrected chi connectivity index (χ2v) is 3.60. The molecule has 2 aliphatic rings. The summed E-state index contributed by atoms with van der Waals surface area (Å²) in [4.78, 5) is 0. The Balaban J connectivity index is 2.44. The molecule has 5 N–H and O–H groups in total. The molecule has 0 heterocycles. The normalized spacial score (nSPS) is 30.5. The molecule has 1 unspecified atom stereocenters. The van der Waals surface area contributed by atoms with Crippen molar-refractivity contribution < 1.29 is 5.11 Å². The molecule has 3 nitrogen and oxygen atoms in total. The number of hydrogen-bond donors (Lipinski definition) is 3. The molecule has 0 spiro atoms. The highest BCUT2D eigenvalue weighted by Crippen LogP contribution is 2.31. The fourth-order valence-corrected chi connectivity index (χ4v) is 1.81. The number of fused-ring (bicyclic) bond motifs is 1. The van der Waals surface area contributed by atoms with Crippen LogP contribution in [0, 0.1) is 0 Å². The van der Waals surface area contributed by atoms with Crippen molar-refractivity contribution in [2.45, 2.75) is 24.6 Å². The van der Waals surface area contributed by atoms with Gasteiger partial charge in [-0.25, -0.2) is 0 Å².